The lowest BCUT2D eigenvalue weighted by molar-refractivity contribution is 0.0815. The summed E-state index contributed by atoms with van der Waals surface area (Å²) in [5.74, 6) is 0.877. The number of benzene rings is 1. The summed E-state index contributed by atoms with van der Waals surface area (Å²) in [4.78, 5) is 14.8. The first-order valence-corrected chi connectivity index (χ1v) is 8.17. The van der Waals surface area contributed by atoms with Crippen LogP contribution in [-0.4, -0.2) is 29.6 Å². The molecule has 0 aliphatic carbocycles. The fraction of sp³-hybridized carbons (Fsp3) is 0.353. The molecule has 1 aromatic carbocycles. The number of likely N-dealkylation sites (tertiary alicyclic amines) is 1. The number of hydrogen-bond acceptors (Lipinski definition) is 4. The van der Waals surface area contributed by atoms with Crippen LogP contribution in [-0.2, 0) is 6.54 Å². The van der Waals surface area contributed by atoms with Crippen molar-refractivity contribution >= 4 is 23.2 Å². The van der Waals surface area contributed by atoms with Gasteiger partial charge < -0.3 is 15.1 Å². The van der Waals surface area contributed by atoms with Crippen LogP contribution >= 0.6 is 11.6 Å². The molecule has 2 N–H and O–H groups in total. The van der Waals surface area contributed by atoms with Crippen molar-refractivity contribution in [3.8, 4) is 0 Å². The number of nitrogens with one attached hydrogen (secondary N) is 2. The van der Waals surface area contributed by atoms with Gasteiger partial charge in [-0.15, -0.1) is 0 Å². The molecule has 1 aromatic heterocycles. The molecule has 23 heavy (non-hydrogen) atoms. The summed E-state index contributed by atoms with van der Waals surface area (Å²) < 4.78 is 5.41. The third-order valence-electron chi connectivity index (χ3n) is 4.64. The van der Waals surface area contributed by atoms with Gasteiger partial charge in [0.05, 0.1) is 29.1 Å². The van der Waals surface area contributed by atoms with E-state index in [0.29, 0.717) is 10.6 Å². The molecule has 5 nitrogen and oxygen atoms in total. The Balaban J connectivity index is 1.48. The van der Waals surface area contributed by atoms with Crippen molar-refractivity contribution in [1.82, 2.24) is 10.2 Å². The summed E-state index contributed by atoms with van der Waals surface area (Å²) in [6.07, 6.45) is 3.38. The second kappa shape index (κ2) is 5.58. The van der Waals surface area contributed by atoms with Crippen LogP contribution in [0.15, 0.2) is 41.0 Å². The number of hydrogen-bond donors (Lipinski definition) is 2. The number of rotatable bonds is 2. The molecular formula is C17H18ClN3O2. The molecule has 2 aromatic rings. The summed E-state index contributed by atoms with van der Waals surface area (Å²) >= 11 is 6.15. The Morgan fingerprint density at radius 2 is 2.00 bits per heavy atom. The van der Waals surface area contributed by atoms with Crippen molar-refractivity contribution in [2.75, 3.05) is 18.4 Å². The standard InChI is InChI=1S/C17H18ClN3O2/c18-13-4-1-5-14-15(13)16(22)20-17(19-14)6-8-21(9-7-17)11-12-3-2-10-23-12/h1-5,10,19H,6-9,11H2,(H,20,22). The van der Waals surface area contributed by atoms with Crippen LogP contribution in [0.4, 0.5) is 5.69 Å². The van der Waals surface area contributed by atoms with E-state index in [-0.39, 0.29) is 11.6 Å². The summed E-state index contributed by atoms with van der Waals surface area (Å²) in [6.45, 7) is 2.59. The van der Waals surface area contributed by atoms with Gasteiger partial charge in [0.2, 0.25) is 0 Å². The molecule has 1 saturated heterocycles. The largest absolute Gasteiger partial charge is 0.468 e. The van der Waals surface area contributed by atoms with Crippen molar-refractivity contribution in [1.29, 1.82) is 0 Å². The van der Waals surface area contributed by atoms with Crippen molar-refractivity contribution in [2.45, 2.75) is 25.0 Å². The fourth-order valence-electron chi connectivity index (χ4n) is 3.39. The van der Waals surface area contributed by atoms with E-state index in [2.05, 4.69) is 15.5 Å². The maximum atomic E-state index is 12.5. The average Bonchev–Trinajstić information content (AvgIpc) is 3.02. The predicted molar refractivity (Wildman–Crippen MR) is 88.5 cm³/mol. The van der Waals surface area contributed by atoms with E-state index < -0.39 is 0 Å². The van der Waals surface area contributed by atoms with Crippen LogP contribution < -0.4 is 10.6 Å². The number of carbonyl (C=O) groups is 1. The molecule has 2 aliphatic rings. The van der Waals surface area contributed by atoms with Gasteiger partial charge in [-0.1, -0.05) is 17.7 Å². The molecule has 0 unspecified atom stereocenters. The Morgan fingerprint density at radius 3 is 2.74 bits per heavy atom. The molecule has 120 valence electrons. The minimum absolute atomic E-state index is 0.0937. The first kappa shape index (κ1) is 14.6. The highest BCUT2D eigenvalue weighted by Gasteiger charge is 2.40. The van der Waals surface area contributed by atoms with Gasteiger partial charge in [0.15, 0.2) is 0 Å². The van der Waals surface area contributed by atoms with E-state index in [4.69, 9.17) is 16.0 Å². The lowest BCUT2D eigenvalue weighted by Crippen LogP contribution is -2.62. The van der Waals surface area contributed by atoms with Crippen molar-refractivity contribution in [3.63, 3.8) is 0 Å². The summed E-state index contributed by atoms with van der Waals surface area (Å²) in [6, 6.07) is 9.42. The Labute approximate surface area is 139 Å². The van der Waals surface area contributed by atoms with E-state index in [1.54, 1.807) is 12.3 Å². The van der Waals surface area contributed by atoms with Gasteiger partial charge >= 0.3 is 0 Å². The second-order valence-electron chi connectivity index (χ2n) is 6.18. The number of piperidine rings is 1. The minimum Gasteiger partial charge on any atom is -0.468 e. The molecule has 6 heteroatoms. The number of fused-ring (bicyclic) bond motifs is 1. The van der Waals surface area contributed by atoms with Gasteiger partial charge in [-0.3, -0.25) is 9.69 Å². The zero-order chi connectivity index (χ0) is 15.9. The number of furan rings is 1. The third-order valence-corrected chi connectivity index (χ3v) is 4.95. The van der Waals surface area contributed by atoms with E-state index in [0.717, 1.165) is 43.9 Å². The number of anilines is 1. The average molecular weight is 332 g/mol. The maximum absolute atomic E-state index is 12.5. The highest BCUT2D eigenvalue weighted by atomic mass is 35.5. The zero-order valence-corrected chi connectivity index (χ0v) is 13.4. The highest BCUT2D eigenvalue weighted by molar-refractivity contribution is 6.34. The van der Waals surface area contributed by atoms with Gasteiger partial charge in [-0.05, 0) is 24.3 Å². The van der Waals surface area contributed by atoms with Crippen molar-refractivity contribution < 1.29 is 9.21 Å². The molecule has 4 rings (SSSR count). The van der Waals surface area contributed by atoms with Crippen LogP contribution in [0.1, 0.15) is 29.0 Å². The highest BCUT2D eigenvalue weighted by Crippen LogP contribution is 2.34. The van der Waals surface area contributed by atoms with E-state index in [1.807, 2.05) is 24.3 Å². The lowest BCUT2D eigenvalue weighted by atomic mass is 9.92. The molecule has 0 saturated carbocycles. The lowest BCUT2D eigenvalue weighted by Gasteiger charge is -2.45. The molecule has 0 radical (unpaired) electrons. The van der Waals surface area contributed by atoms with E-state index in [1.165, 1.54) is 0 Å². The Kier molecular flexibility index (Phi) is 3.54. The molecule has 2 aliphatic heterocycles. The van der Waals surface area contributed by atoms with Gasteiger partial charge in [0, 0.05) is 25.9 Å². The molecule has 0 atom stereocenters. The number of halogens is 1. The topological polar surface area (TPSA) is 57.5 Å². The Morgan fingerprint density at radius 1 is 1.17 bits per heavy atom. The zero-order valence-electron chi connectivity index (χ0n) is 12.6. The summed E-state index contributed by atoms with van der Waals surface area (Å²) in [5.41, 5.74) is 0.979. The van der Waals surface area contributed by atoms with Crippen LogP contribution in [0.3, 0.4) is 0 Å². The molecular weight excluding hydrogens is 314 g/mol. The normalized spacial score (nSPS) is 20.0. The van der Waals surface area contributed by atoms with Gasteiger partial charge in [-0.2, -0.15) is 0 Å². The van der Waals surface area contributed by atoms with Crippen LogP contribution in [0.25, 0.3) is 0 Å². The first-order valence-electron chi connectivity index (χ1n) is 7.79. The van der Waals surface area contributed by atoms with Crippen molar-refractivity contribution in [3.05, 3.63) is 52.9 Å². The molecule has 0 bridgehead atoms. The quantitative estimate of drug-likeness (QED) is 0.888. The third kappa shape index (κ3) is 2.71. The predicted octanol–water partition coefficient (Wildman–Crippen LogP) is 3.08. The first-order chi connectivity index (χ1) is 11.2. The van der Waals surface area contributed by atoms with Gasteiger partial charge in [-0.25, -0.2) is 0 Å². The second-order valence-corrected chi connectivity index (χ2v) is 6.59. The molecule has 1 fully saturated rings. The van der Waals surface area contributed by atoms with Crippen LogP contribution in [0.2, 0.25) is 5.02 Å². The van der Waals surface area contributed by atoms with Crippen LogP contribution in [0.5, 0.6) is 0 Å². The summed E-state index contributed by atoms with van der Waals surface area (Å²) in [7, 11) is 0. The minimum atomic E-state index is -0.381. The number of carbonyl (C=O) groups excluding carboxylic acids is 1. The molecule has 3 heterocycles. The number of amides is 1. The molecule has 1 amide bonds. The molecule has 1 spiro atoms. The SMILES string of the molecule is O=C1NC2(CCN(Cc3ccco3)CC2)Nc2cccc(Cl)c21. The monoisotopic (exact) mass is 331 g/mol. The smallest absolute Gasteiger partial charge is 0.256 e. The number of nitrogens with zero attached hydrogens (tertiary/aromatic N) is 1. The Hall–Kier alpha value is -1.98. The Bertz CT molecular complexity index is 721. The van der Waals surface area contributed by atoms with Crippen molar-refractivity contribution in [2.24, 2.45) is 0 Å². The van der Waals surface area contributed by atoms with E-state index >= 15 is 0 Å². The van der Waals surface area contributed by atoms with Gasteiger partial charge in [0.25, 0.3) is 5.91 Å². The fourth-order valence-corrected chi connectivity index (χ4v) is 3.65. The van der Waals surface area contributed by atoms with Gasteiger partial charge in [0.1, 0.15) is 11.4 Å². The maximum Gasteiger partial charge on any atom is 0.256 e. The van der Waals surface area contributed by atoms with Crippen LogP contribution in [0, 0.1) is 0 Å². The van der Waals surface area contributed by atoms with E-state index in [9.17, 15) is 4.79 Å². The summed E-state index contributed by atoms with van der Waals surface area (Å²) in [5, 5.41) is 7.10.